The van der Waals surface area contributed by atoms with Gasteiger partial charge in [0.1, 0.15) is 0 Å². The Balaban J connectivity index is 2.14. The number of hydrogen-bond donors (Lipinski definition) is 3. The third kappa shape index (κ3) is 4.60. The fourth-order valence-corrected chi connectivity index (χ4v) is 1.97. The number of nitrogens with one attached hydrogen (secondary N) is 2. The van der Waals surface area contributed by atoms with Crippen molar-refractivity contribution in [2.45, 2.75) is 51.3 Å². The molecular formula is C10H22N2O. The van der Waals surface area contributed by atoms with Crippen LogP contribution >= 0.6 is 0 Å². The molecule has 1 rings (SSSR count). The molecule has 0 bridgehead atoms. The van der Waals surface area contributed by atoms with Crippen LogP contribution in [0.5, 0.6) is 0 Å². The zero-order valence-electron chi connectivity index (χ0n) is 8.71. The molecule has 3 nitrogen and oxygen atoms in total. The molecule has 2 atom stereocenters. The Morgan fingerprint density at radius 1 is 1.38 bits per heavy atom. The van der Waals surface area contributed by atoms with Gasteiger partial charge in [0.05, 0.1) is 6.10 Å². The molecule has 1 aliphatic rings. The summed E-state index contributed by atoms with van der Waals surface area (Å²) in [5.41, 5.74) is 0. The van der Waals surface area contributed by atoms with Crippen LogP contribution in [-0.4, -0.2) is 36.4 Å². The van der Waals surface area contributed by atoms with Crippen molar-refractivity contribution >= 4 is 0 Å². The van der Waals surface area contributed by atoms with Gasteiger partial charge in [-0.25, -0.2) is 0 Å². The minimum absolute atomic E-state index is 0.191. The molecule has 0 saturated carbocycles. The zero-order chi connectivity index (χ0) is 9.68. The quantitative estimate of drug-likeness (QED) is 0.598. The average molecular weight is 186 g/mol. The number of aliphatic hydroxyl groups excluding tert-OH is 1. The first kappa shape index (κ1) is 11.0. The van der Waals surface area contributed by atoms with E-state index >= 15 is 0 Å². The predicted molar refractivity (Wildman–Crippen MR) is 54.8 cm³/mol. The van der Waals surface area contributed by atoms with E-state index in [1.807, 2.05) is 6.92 Å². The number of hydrogen-bond acceptors (Lipinski definition) is 3. The van der Waals surface area contributed by atoms with Crippen LogP contribution in [0, 0.1) is 0 Å². The number of rotatable bonds is 4. The Morgan fingerprint density at radius 2 is 2.00 bits per heavy atom. The lowest BCUT2D eigenvalue weighted by molar-refractivity contribution is 0.165. The van der Waals surface area contributed by atoms with E-state index in [4.69, 9.17) is 0 Å². The molecule has 0 radical (unpaired) electrons. The van der Waals surface area contributed by atoms with Crippen molar-refractivity contribution in [1.29, 1.82) is 0 Å². The highest BCUT2D eigenvalue weighted by Gasteiger charge is 2.15. The summed E-state index contributed by atoms with van der Waals surface area (Å²) in [5.74, 6) is 0. The monoisotopic (exact) mass is 186 g/mol. The summed E-state index contributed by atoms with van der Waals surface area (Å²) < 4.78 is 0. The summed E-state index contributed by atoms with van der Waals surface area (Å²) in [4.78, 5) is 0. The molecule has 1 fully saturated rings. The number of piperidine rings is 1. The van der Waals surface area contributed by atoms with Crippen LogP contribution in [0.25, 0.3) is 0 Å². The third-order valence-corrected chi connectivity index (χ3v) is 2.55. The van der Waals surface area contributed by atoms with Crippen LogP contribution in [-0.2, 0) is 0 Å². The molecule has 0 aromatic carbocycles. The Labute approximate surface area is 80.9 Å². The SMILES string of the molecule is CC(O)CC(C)NC1CCNCC1. The molecule has 1 aliphatic heterocycles. The van der Waals surface area contributed by atoms with Crippen molar-refractivity contribution in [3.05, 3.63) is 0 Å². The van der Waals surface area contributed by atoms with Gasteiger partial charge in [-0.05, 0) is 46.2 Å². The Hall–Kier alpha value is -0.120. The summed E-state index contributed by atoms with van der Waals surface area (Å²) in [5, 5.41) is 16.1. The van der Waals surface area contributed by atoms with Crippen LogP contribution in [0.4, 0.5) is 0 Å². The van der Waals surface area contributed by atoms with Crippen LogP contribution in [0.15, 0.2) is 0 Å². The molecular weight excluding hydrogens is 164 g/mol. The summed E-state index contributed by atoms with van der Waals surface area (Å²) >= 11 is 0. The minimum Gasteiger partial charge on any atom is -0.393 e. The molecule has 0 aromatic rings. The van der Waals surface area contributed by atoms with E-state index in [-0.39, 0.29) is 6.10 Å². The Morgan fingerprint density at radius 3 is 2.54 bits per heavy atom. The zero-order valence-corrected chi connectivity index (χ0v) is 8.71. The van der Waals surface area contributed by atoms with E-state index in [1.165, 1.54) is 12.8 Å². The first-order valence-corrected chi connectivity index (χ1v) is 5.33. The Kier molecular flexibility index (Phi) is 4.70. The van der Waals surface area contributed by atoms with Crippen molar-refractivity contribution in [3.8, 4) is 0 Å². The highest BCUT2D eigenvalue weighted by molar-refractivity contribution is 4.77. The first-order chi connectivity index (χ1) is 6.18. The van der Waals surface area contributed by atoms with E-state index in [0.717, 1.165) is 19.5 Å². The second-order valence-corrected chi connectivity index (χ2v) is 4.18. The van der Waals surface area contributed by atoms with E-state index in [0.29, 0.717) is 12.1 Å². The van der Waals surface area contributed by atoms with Crippen molar-refractivity contribution in [3.63, 3.8) is 0 Å². The molecule has 2 unspecified atom stereocenters. The Bertz CT molecular complexity index is 133. The second kappa shape index (κ2) is 5.58. The molecule has 0 spiro atoms. The maximum atomic E-state index is 9.20. The molecule has 0 aliphatic carbocycles. The van der Waals surface area contributed by atoms with Gasteiger partial charge in [-0.3, -0.25) is 0 Å². The van der Waals surface area contributed by atoms with Gasteiger partial charge >= 0.3 is 0 Å². The van der Waals surface area contributed by atoms with E-state index < -0.39 is 0 Å². The molecule has 78 valence electrons. The topological polar surface area (TPSA) is 44.3 Å². The van der Waals surface area contributed by atoms with Crippen LogP contribution in [0.2, 0.25) is 0 Å². The van der Waals surface area contributed by atoms with Crippen molar-refractivity contribution in [2.24, 2.45) is 0 Å². The standard InChI is InChI=1S/C10H22N2O/c1-8(7-9(2)13)12-10-3-5-11-6-4-10/h8-13H,3-7H2,1-2H3. The number of aliphatic hydroxyl groups is 1. The first-order valence-electron chi connectivity index (χ1n) is 5.33. The highest BCUT2D eigenvalue weighted by Crippen LogP contribution is 2.05. The maximum absolute atomic E-state index is 9.20. The summed E-state index contributed by atoms with van der Waals surface area (Å²) in [6, 6.07) is 1.08. The van der Waals surface area contributed by atoms with Crippen LogP contribution in [0.1, 0.15) is 33.1 Å². The van der Waals surface area contributed by atoms with Gasteiger partial charge in [0.15, 0.2) is 0 Å². The third-order valence-electron chi connectivity index (χ3n) is 2.55. The molecule has 0 aromatic heterocycles. The summed E-state index contributed by atoms with van der Waals surface area (Å²) in [6.07, 6.45) is 3.09. The molecule has 3 heteroatoms. The van der Waals surface area contributed by atoms with Gasteiger partial charge in [0, 0.05) is 12.1 Å². The molecule has 0 amide bonds. The fourth-order valence-electron chi connectivity index (χ4n) is 1.97. The summed E-state index contributed by atoms with van der Waals surface area (Å²) in [7, 11) is 0. The van der Waals surface area contributed by atoms with Crippen LogP contribution in [0.3, 0.4) is 0 Å². The van der Waals surface area contributed by atoms with Crippen molar-refractivity contribution in [2.75, 3.05) is 13.1 Å². The van der Waals surface area contributed by atoms with Gasteiger partial charge in [0.25, 0.3) is 0 Å². The molecule has 13 heavy (non-hydrogen) atoms. The molecule has 3 N–H and O–H groups in total. The lowest BCUT2D eigenvalue weighted by Gasteiger charge is -2.27. The van der Waals surface area contributed by atoms with Gasteiger partial charge in [0.2, 0.25) is 0 Å². The summed E-state index contributed by atoms with van der Waals surface area (Å²) in [6.45, 7) is 6.24. The minimum atomic E-state index is -0.191. The van der Waals surface area contributed by atoms with Crippen molar-refractivity contribution < 1.29 is 5.11 Å². The van der Waals surface area contributed by atoms with E-state index in [1.54, 1.807) is 0 Å². The lowest BCUT2D eigenvalue weighted by Crippen LogP contribution is -2.44. The highest BCUT2D eigenvalue weighted by atomic mass is 16.3. The molecule has 1 saturated heterocycles. The van der Waals surface area contributed by atoms with Gasteiger partial charge in [-0.2, -0.15) is 0 Å². The average Bonchev–Trinajstić information content (AvgIpc) is 2.04. The van der Waals surface area contributed by atoms with Crippen molar-refractivity contribution in [1.82, 2.24) is 10.6 Å². The van der Waals surface area contributed by atoms with Crippen LogP contribution < -0.4 is 10.6 Å². The smallest absolute Gasteiger partial charge is 0.0526 e. The van der Waals surface area contributed by atoms with E-state index in [9.17, 15) is 5.11 Å². The van der Waals surface area contributed by atoms with Gasteiger partial charge in [-0.1, -0.05) is 0 Å². The molecule has 1 heterocycles. The lowest BCUT2D eigenvalue weighted by atomic mass is 10.0. The predicted octanol–water partition coefficient (Wildman–Crippen LogP) is 0.487. The largest absolute Gasteiger partial charge is 0.393 e. The van der Waals surface area contributed by atoms with E-state index in [2.05, 4.69) is 17.6 Å². The second-order valence-electron chi connectivity index (χ2n) is 4.18. The maximum Gasteiger partial charge on any atom is 0.0526 e. The fraction of sp³-hybridized carbons (Fsp3) is 1.00. The van der Waals surface area contributed by atoms with Gasteiger partial charge in [-0.15, -0.1) is 0 Å². The van der Waals surface area contributed by atoms with Gasteiger partial charge < -0.3 is 15.7 Å². The normalized spacial score (nSPS) is 24.2.